The summed E-state index contributed by atoms with van der Waals surface area (Å²) < 4.78 is 7.32. The van der Waals surface area contributed by atoms with Crippen molar-refractivity contribution in [2.45, 2.75) is 0 Å². The van der Waals surface area contributed by atoms with Gasteiger partial charge in [-0.05, 0) is 96.1 Å². The summed E-state index contributed by atoms with van der Waals surface area (Å²) in [5, 5.41) is 7.26. The van der Waals surface area contributed by atoms with E-state index < -0.39 is 0 Å². The highest BCUT2D eigenvalue weighted by atomic mass is 15.0. The van der Waals surface area contributed by atoms with E-state index in [1.165, 1.54) is 60.1 Å². The third kappa shape index (κ3) is 5.75. The lowest BCUT2D eigenvalue weighted by atomic mass is 9.97. The van der Waals surface area contributed by atoms with Crippen LogP contribution in [0.3, 0.4) is 0 Å². The van der Waals surface area contributed by atoms with Crippen molar-refractivity contribution < 1.29 is 0 Å². The fourth-order valence-corrected chi connectivity index (χ4v) is 10.6. The molecule has 0 aliphatic heterocycles. The van der Waals surface area contributed by atoms with Crippen molar-refractivity contribution in [1.82, 2.24) is 23.5 Å². The van der Waals surface area contributed by atoms with Crippen molar-refractivity contribution in [2.75, 3.05) is 0 Å². The Morgan fingerprint density at radius 2 is 0.687 bits per heavy atom. The first-order chi connectivity index (χ1) is 33.2. The number of fused-ring (bicyclic) bond motifs is 11. The Hall–Kier alpha value is -9.06. The molecule has 0 aliphatic carbocycles. The molecular formula is C62H39N5. The summed E-state index contributed by atoms with van der Waals surface area (Å²) in [7, 11) is 0. The molecule has 0 N–H and O–H groups in total. The van der Waals surface area contributed by atoms with Crippen molar-refractivity contribution in [3.63, 3.8) is 0 Å². The Balaban J connectivity index is 1.05. The summed E-state index contributed by atoms with van der Waals surface area (Å²) in [5.74, 6) is 0. The highest BCUT2D eigenvalue weighted by molar-refractivity contribution is 6.22. The Morgan fingerprint density at radius 1 is 0.254 bits per heavy atom. The molecule has 0 radical (unpaired) electrons. The van der Waals surface area contributed by atoms with Gasteiger partial charge in [0.05, 0.1) is 61.0 Å². The number of hydrogen-bond donors (Lipinski definition) is 0. The maximum atomic E-state index is 5.23. The van der Waals surface area contributed by atoms with Gasteiger partial charge in [-0.2, -0.15) is 0 Å². The van der Waals surface area contributed by atoms with Crippen LogP contribution in [0.15, 0.2) is 237 Å². The Kier molecular flexibility index (Phi) is 8.21. The van der Waals surface area contributed by atoms with Crippen LogP contribution in [0.5, 0.6) is 0 Å². The lowest BCUT2D eigenvalue weighted by Crippen LogP contribution is -2.01. The second kappa shape index (κ2) is 14.7. The maximum absolute atomic E-state index is 5.23. The van der Waals surface area contributed by atoms with Gasteiger partial charge >= 0.3 is 0 Å². The van der Waals surface area contributed by atoms with Crippen molar-refractivity contribution in [1.29, 1.82) is 0 Å². The molecule has 10 aromatic carbocycles. The summed E-state index contributed by atoms with van der Waals surface area (Å²) in [6.45, 7) is 0. The van der Waals surface area contributed by atoms with Crippen LogP contribution in [-0.4, -0.2) is 23.5 Å². The van der Waals surface area contributed by atoms with Gasteiger partial charge in [-0.1, -0.05) is 152 Å². The lowest BCUT2D eigenvalue weighted by molar-refractivity contribution is 1.16. The first kappa shape index (κ1) is 37.3. The van der Waals surface area contributed by atoms with Gasteiger partial charge in [-0.25, -0.2) is 9.97 Å². The van der Waals surface area contributed by atoms with Crippen LogP contribution in [0.2, 0.25) is 0 Å². The monoisotopic (exact) mass is 853 g/mol. The summed E-state index contributed by atoms with van der Waals surface area (Å²) in [6, 6.07) is 85.2. The highest BCUT2D eigenvalue weighted by Crippen LogP contribution is 2.42. The minimum absolute atomic E-state index is 0.856. The smallest absolute Gasteiger partial charge is 0.0973 e. The maximum Gasteiger partial charge on any atom is 0.0973 e. The summed E-state index contributed by atoms with van der Waals surface area (Å²) in [4.78, 5) is 10.4. The van der Waals surface area contributed by atoms with E-state index in [1.54, 1.807) is 0 Å². The predicted molar refractivity (Wildman–Crippen MR) is 279 cm³/mol. The van der Waals surface area contributed by atoms with Gasteiger partial charge < -0.3 is 13.5 Å². The zero-order valence-corrected chi connectivity index (χ0v) is 36.3. The molecule has 14 rings (SSSR count). The van der Waals surface area contributed by atoms with E-state index in [-0.39, 0.29) is 0 Å². The second-order valence-corrected chi connectivity index (χ2v) is 17.4. The van der Waals surface area contributed by atoms with Crippen molar-refractivity contribution in [3.05, 3.63) is 237 Å². The van der Waals surface area contributed by atoms with Gasteiger partial charge in [0.15, 0.2) is 0 Å². The molecule has 0 amide bonds. The lowest BCUT2D eigenvalue weighted by Gasteiger charge is -2.18. The van der Waals surface area contributed by atoms with Crippen LogP contribution in [0.1, 0.15) is 0 Å². The Morgan fingerprint density at radius 3 is 1.33 bits per heavy atom. The topological polar surface area (TPSA) is 40.0 Å². The zero-order valence-electron chi connectivity index (χ0n) is 36.3. The standard InChI is InChI=1S/C62H39N5/c1-3-17-40(18-4-1)60-61(64-53-25-11-10-24-52(53)63-60)41-31-34-45(35-32-41)65-55-27-13-8-22-47(55)50-37-43(38-51-48-23-9-14-28-56(48)67(62(50)51)58-30-16-15-29-57(58)65)42-33-36-49-46-21-7-12-26-54(46)66(59(49)39-42)44-19-5-2-6-20-44/h1-39H. The van der Waals surface area contributed by atoms with Crippen molar-refractivity contribution in [3.8, 4) is 45.0 Å². The number of benzene rings is 10. The van der Waals surface area contributed by atoms with Crippen LogP contribution in [0, 0.1) is 0 Å². The molecule has 4 aromatic heterocycles. The highest BCUT2D eigenvalue weighted by Gasteiger charge is 2.20. The molecule has 0 atom stereocenters. The number of hydrogen-bond acceptors (Lipinski definition) is 2. The van der Waals surface area contributed by atoms with E-state index >= 15 is 0 Å². The third-order valence-electron chi connectivity index (χ3n) is 13.6. The molecule has 0 aliphatic rings. The molecular weight excluding hydrogens is 815 g/mol. The average molecular weight is 854 g/mol. The molecule has 0 spiro atoms. The minimum Gasteiger partial charge on any atom is -0.309 e. The molecule has 0 saturated heterocycles. The predicted octanol–water partition coefficient (Wildman–Crippen LogP) is 15.9. The molecule has 0 bridgehead atoms. The SMILES string of the molecule is c1ccc(-c2nc3ccccc3nc2-c2ccc(-n3c4ccccc4c4cc(-c5ccc6c7ccccc7n(-c7ccccc7)c6c5)cc5c6ccccc6n(c6ccccc63)c45)cc2)cc1. The second-order valence-electron chi connectivity index (χ2n) is 17.4. The van der Waals surface area contributed by atoms with Crippen LogP contribution in [0.4, 0.5) is 0 Å². The Bertz CT molecular complexity index is 4310. The molecule has 4 heterocycles. The Labute approximate surface area is 385 Å². The zero-order chi connectivity index (χ0) is 44.0. The number of aromatic nitrogens is 5. The molecule has 14 aromatic rings. The van der Waals surface area contributed by atoms with Crippen molar-refractivity contribution >= 4 is 82.0 Å². The summed E-state index contributed by atoms with van der Waals surface area (Å²) in [5.41, 5.74) is 18.1. The molecule has 67 heavy (non-hydrogen) atoms. The fourth-order valence-electron chi connectivity index (χ4n) is 10.6. The van der Waals surface area contributed by atoms with Crippen LogP contribution >= 0.6 is 0 Å². The fraction of sp³-hybridized carbons (Fsp3) is 0. The van der Waals surface area contributed by atoms with Gasteiger partial charge in [-0.3, -0.25) is 0 Å². The summed E-state index contributed by atoms with van der Waals surface area (Å²) in [6.07, 6.45) is 0. The van der Waals surface area contributed by atoms with Crippen LogP contribution in [-0.2, 0) is 0 Å². The van der Waals surface area contributed by atoms with Gasteiger partial charge in [0, 0.05) is 54.8 Å². The normalized spacial score (nSPS) is 11.9. The average Bonchev–Trinajstić information content (AvgIpc) is 3.91. The van der Waals surface area contributed by atoms with Crippen LogP contribution < -0.4 is 0 Å². The number of nitrogens with zero attached hydrogens (tertiary/aromatic N) is 5. The molecule has 0 unspecified atom stereocenters. The van der Waals surface area contributed by atoms with Crippen molar-refractivity contribution in [2.24, 2.45) is 0 Å². The molecule has 5 heteroatoms. The first-order valence-electron chi connectivity index (χ1n) is 22.8. The van der Waals surface area contributed by atoms with E-state index in [0.717, 1.165) is 66.9 Å². The number of para-hydroxylation sites is 8. The van der Waals surface area contributed by atoms with Gasteiger partial charge in [-0.15, -0.1) is 0 Å². The van der Waals surface area contributed by atoms with E-state index in [2.05, 4.69) is 220 Å². The quantitative estimate of drug-likeness (QED) is 0.173. The third-order valence-corrected chi connectivity index (χ3v) is 13.6. The molecule has 0 saturated carbocycles. The van der Waals surface area contributed by atoms with E-state index in [1.807, 2.05) is 30.3 Å². The largest absolute Gasteiger partial charge is 0.309 e. The van der Waals surface area contributed by atoms with Gasteiger partial charge in [0.25, 0.3) is 0 Å². The van der Waals surface area contributed by atoms with E-state index in [9.17, 15) is 0 Å². The van der Waals surface area contributed by atoms with E-state index in [0.29, 0.717) is 0 Å². The van der Waals surface area contributed by atoms with Crippen LogP contribution in [0.25, 0.3) is 127 Å². The molecule has 312 valence electrons. The minimum atomic E-state index is 0.856. The molecule has 0 fully saturated rings. The number of rotatable bonds is 5. The summed E-state index contributed by atoms with van der Waals surface area (Å²) >= 11 is 0. The van der Waals surface area contributed by atoms with Gasteiger partial charge in [0.1, 0.15) is 0 Å². The first-order valence-corrected chi connectivity index (χ1v) is 22.8. The molecule has 5 nitrogen and oxygen atoms in total. The van der Waals surface area contributed by atoms with Gasteiger partial charge in [0.2, 0.25) is 0 Å². The van der Waals surface area contributed by atoms with E-state index in [4.69, 9.17) is 9.97 Å².